The Morgan fingerprint density at radius 2 is 2.09 bits per heavy atom. The summed E-state index contributed by atoms with van der Waals surface area (Å²) >= 11 is 0. The normalized spacial score (nSPS) is 16.9. The molecule has 122 valence electrons. The first-order valence-electron chi connectivity index (χ1n) is 7.88. The lowest BCUT2D eigenvalue weighted by molar-refractivity contribution is 0.0910. The predicted octanol–water partition coefficient (Wildman–Crippen LogP) is 1.61. The molecule has 0 radical (unpaired) electrons. The van der Waals surface area contributed by atoms with E-state index in [9.17, 15) is 4.79 Å². The van der Waals surface area contributed by atoms with Crippen LogP contribution < -0.4 is 11.1 Å². The fraction of sp³-hybridized carbons (Fsp3) is 0.438. The number of hydrogen-bond acceptors (Lipinski definition) is 6. The third-order valence-corrected chi connectivity index (χ3v) is 4.10. The van der Waals surface area contributed by atoms with Gasteiger partial charge in [0.25, 0.3) is 5.91 Å². The van der Waals surface area contributed by atoms with E-state index >= 15 is 0 Å². The molecular formula is C16H21N5O2. The van der Waals surface area contributed by atoms with E-state index in [0.29, 0.717) is 6.54 Å². The fourth-order valence-electron chi connectivity index (χ4n) is 2.92. The number of nitrogens with two attached hydrogens (primary N) is 1. The van der Waals surface area contributed by atoms with Gasteiger partial charge in [0.2, 0.25) is 0 Å². The zero-order valence-electron chi connectivity index (χ0n) is 12.9. The number of nitrogens with one attached hydrogen (secondary N) is 1. The molecule has 0 spiro atoms. The molecule has 3 N–H and O–H groups in total. The van der Waals surface area contributed by atoms with Crippen molar-refractivity contribution < 1.29 is 9.21 Å². The van der Waals surface area contributed by atoms with E-state index in [4.69, 9.17) is 10.2 Å². The summed E-state index contributed by atoms with van der Waals surface area (Å²) in [6.45, 7) is 2.46. The molecule has 2 aromatic rings. The van der Waals surface area contributed by atoms with Crippen LogP contribution in [0, 0.1) is 0 Å². The number of anilines is 1. The molecule has 0 aromatic carbocycles. The van der Waals surface area contributed by atoms with E-state index in [1.807, 2.05) is 12.1 Å². The quantitative estimate of drug-likeness (QED) is 0.870. The third-order valence-electron chi connectivity index (χ3n) is 4.10. The van der Waals surface area contributed by atoms with Crippen LogP contribution in [0.4, 0.5) is 5.82 Å². The number of amides is 1. The van der Waals surface area contributed by atoms with Crippen molar-refractivity contribution in [3.8, 4) is 0 Å². The highest BCUT2D eigenvalue weighted by molar-refractivity contribution is 5.96. The maximum Gasteiger partial charge on any atom is 0.273 e. The summed E-state index contributed by atoms with van der Waals surface area (Å²) in [5.41, 5.74) is 5.86. The van der Waals surface area contributed by atoms with Gasteiger partial charge in [0.15, 0.2) is 11.5 Å². The first-order valence-corrected chi connectivity index (χ1v) is 7.88. The molecule has 1 saturated heterocycles. The molecule has 3 rings (SSSR count). The molecule has 0 aliphatic carbocycles. The number of furan rings is 1. The zero-order chi connectivity index (χ0) is 16.1. The van der Waals surface area contributed by atoms with Crippen molar-refractivity contribution in [1.29, 1.82) is 0 Å². The molecule has 1 aliphatic rings. The van der Waals surface area contributed by atoms with Gasteiger partial charge in [-0.15, -0.1) is 0 Å². The van der Waals surface area contributed by atoms with Gasteiger partial charge in [-0.25, -0.2) is 9.97 Å². The fourth-order valence-corrected chi connectivity index (χ4v) is 2.92. The number of likely N-dealkylation sites (tertiary alicyclic amines) is 1. The van der Waals surface area contributed by atoms with Crippen molar-refractivity contribution in [2.45, 2.75) is 25.3 Å². The summed E-state index contributed by atoms with van der Waals surface area (Å²) < 4.78 is 5.56. The topological polar surface area (TPSA) is 97.3 Å². The van der Waals surface area contributed by atoms with E-state index in [-0.39, 0.29) is 23.5 Å². The number of carbonyl (C=O) groups excluding carboxylic acids is 1. The van der Waals surface area contributed by atoms with Crippen molar-refractivity contribution >= 4 is 11.7 Å². The molecular weight excluding hydrogens is 294 g/mol. The largest absolute Gasteiger partial charge is 0.468 e. The van der Waals surface area contributed by atoms with E-state index in [1.54, 1.807) is 6.26 Å². The standard InChI is InChI=1S/C16H21N5O2/c17-15-14(18-6-7-19-15)16(22)20-11-12(13-5-4-10-23-13)21-8-2-1-3-9-21/h4-7,10,12H,1-3,8-9,11H2,(H2,17,19)(H,20,22). The first kappa shape index (κ1) is 15.5. The number of nitrogen functional groups attached to an aromatic ring is 1. The Bertz CT molecular complexity index is 638. The van der Waals surface area contributed by atoms with E-state index in [0.717, 1.165) is 18.8 Å². The number of hydrogen-bond donors (Lipinski definition) is 2. The summed E-state index contributed by atoms with van der Waals surface area (Å²) in [7, 11) is 0. The van der Waals surface area contributed by atoms with Crippen LogP contribution in [0.3, 0.4) is 0 Å². The highest BCUT2D eigenvalue weighted by Gasteiger charge is 2.25. The van der Waals surface area contributed by atoms with E-state index in [2.05, 4.69) is 20.2 Å². The molecule has 1 fully saturated rings. The second kappa shape index (κ2) is 7.23. The molecule has 7 nitrogen and oxygen atoms in total. The summed E-state index contributed by atoms with van der Waals surface area (Å²) in [6.07, 6.45) is 8.18. The lowest BCUT2D eigenvalue weighted by Gasteiger charge is -2.33. The van der Waals surface area contributed by atoms with Gasteiger partial charge in [-0.05, 0) is 38.1 Å². The van der Waals surface area contributed by atoms with Crippen molar-refractivity contribution in [3.05, 3.63) is 42.2 Å². The Hall–Kier alpha value is -2.41. The Kier molecular flexibility index (Phi) is 4.87. The molecule has 1 amide bonds. The van der Waals surface area contributed by atoms with Gasteiger partial charge in [-0.1, -0.05) is 6.42 Å². The van der Waals surface area contributed by atoms with Gasteiger partial charge in [0.1, 0.15) is 5.76 Å². The highest BCUT2D eigenvalue weighted by Crippen LogP contribution is 2.24. The Morgan fingerprint density at radius 1 is 1.30 bits per heavy atom. The Labute approximate surface area is 134 Å². The summed E-state index contributed by atoms with van der Waals surface area (Å²) in [4.78, 5) is 22.5. The van der Waals surface area contributed by atoms with Gasteiger partial charge in [-0.2, -0.15) is 0 Å². The number of carbonyl (C=O) groups is 1. The van der Waals surface area contributed by atoms with Crippen LogP contribution in [0.2, 0.25) is 0 Å². The van der Waals surface area contributed by atoms with Gasteiger partial charge in [0.05, 0.1) is 12.3 Å². The van der Waals surface area contributed by atoms with Crippen molar-refractivity contribution in [3.63, 3.8) is 0 Å². The molecule has 1 atom stereocenters. The average Bonchev–Trinajstić information content (AvgIpc) is 3.10. The van der Waals surface area contributed by atoms with Crippen molar-refractivity contribution in [1.82, 2.24) is 20.2 Å². The van der Waals surface area contributed by atoms with Crippen LogP contribution in [0.15, 0.2) is 35.2 Å². The van der Waals surface area contributed by atoms with Gasteiger partial charge in [-0.3, -0.25) is 9.69 Å². The SMILES string of the molecule is Nc1nccnc1C(=O)NCC(c1ccco1)N1CCCCC1. The molecule has 23 heavy (non-hydrogen) atoms. The maximum absolute atomic E-state index is 12.3. The van der Waals surface area contributed by atoms with Crippen LogP contribution in [0.1, 0.15) is 41.6 Å². The van der Waals surface area contributed by atoms with Crippen LogP contribution in [-0.4, -0.2) is 40.4 Å². The maximum atomic E-state index is 12.3. The summed E-state index contributed by atoms with van der Waals surface area (Å²) in [6, 6.07) is 3.84. The number of piperidine rings is 1. The van der Waals surface area contributed by atoms with Crippen LogP contribution in [0.5, 0.6) is 0 Å². The molecule has 1 aliphatic heterocycles. The molecule has 1 unspecified atom stereocenters. The number of rotatable bonds is 5. The number of aromatic nitrogens is 2. The third kappa shape index (κ3) is 3.68. The minimum Gasteiger partial charge on any atom is -0.468 e. The second-order valence-electron chi connectivity index (χ2n) is 5.63. The summed E-state index contributed by atoms with van der Waals surface area (Å²) in [5.74, 6) is 0.681. The van der Waals surface area contributed by atoms with Crippen LogP contribution in [0.25, 0.3) is 0 Å². The monoisotopic (exact) mass is 315 g/mol. The first-order chi connectivity index (χ1) is 11.3. The molecule has 2 aromatic heterocycles. The molecule has 0 saturated carbocycles. The lowest BCUT2D eigenvalue weighted by atomic mass is 10.1. The van der Waals surface area contributed by atoms with Crippen LogP contribution >= 0.6 is 0 Å². The van der Waals surface area contributed by atoms with Gasteiger partial charge in [0, 0.05) is 18.9 Å². The smallest absolute Gasteiger partial charge is 0.273 e. The van der Waals surface area contributed by atoms with E-state index in [1.165, 1.54) is 31.7 Å². The Balaban J connectivity index is 1.69. The minimum atomic E-state index is -0.316. The van der Waals surface area contributed by atoms with Crippen molar-refractivity contribution in [2.75, 3.05) is 25.4 Å². The van der Waals surface area contributed by atoms with Crippen LogP contribution in [-0.2, 0) is 0 Å². The second-order valence-corrected chi connectivity index (χ2v) is 5.63. The molecule has 7 heteroatoms. The zero-order valence-corrected chi connectivity index (χ0v) is 12.9. The van der Waals surface area contributed by atoms with Crippen molar-refractivity contribution in [2.24, 2.45) is 0 Å². The molecule has 3 heterocycles. The molecule has 0 bridgehead atoms. The minimum absolute atomic E-state index is 0.0205. The summed E-state index contributed by atoms with van der Waals surface area (Å²) in [5, 5.41) is 2.90. The average molecular weight is 315 g/mol. The Morgan fingerprint density at radius 3 is 2.78 bits per heavy atom. The number of nitrogens with zero attached hydrogens (tertiary/aromatic N) is 3. The van der Waals surface area contributed by atoms with Gasteiger partial charge < -0.3 is 15.5 Å². The highest BCUT2D eigenvalue weighted by atomic mass is 16.3. The predicted molar refractivity (Wildman–Crippen MR) is 85.7 cm³/mol. The van der Waals surface area contributed by atoms with E-state index < -0.39 is 0 Å². The lowest BCUT2D eigenvalue weighted by Crippen LogP contribution is -2.40. The van der Waals surface area contributed by atoms with Gasteiger partial charge >= 0.3 is 0 Å².